The lowest BCUT2D eigenvalue weighted by Gasteiger charge is -2.26. The fraction of sp³-hybridized carbons (Fsp3) is 0.455. The Labute approximate surface area is 172 Å². The van der Waals surface area contributed by atoms with Crippen molar-refractivity contribution in [1.82, 2.24) is 20.5 Å². The molecule has 2 unspecified atom stereocenters. The lowest BCUT2D eigenvalue weighted by atomic mass is 10.2. The third-order valence-electron chi connectivity index (χ3n) is 5.38. The number of nitrogens with one attached hydrogen (secondary N) is 2. The molecule has 2 heterocycles. The molecule has 1 fully saturated rings. The number of benzene rings is 1. The average molecular weight is 399 g/mol. The van der Waals surface area contributed by atoms with E-state index in [1.54, 1.807) is 19.3 Å². The first-order chi connectivity index (χ1) is 14.1. The molecule has 0 spiro atoms. The van der Waals surface area contributed by atoms with Crippen molar-refractivity contribution in [2.24, 2.45) is 4.99 Å². The number of guanidine groups is 1. The molecule has 1 aromatic heterocycles. The van der Waals surface area contributed by atoms with Gasteiger partial charge < -0.3 is 15.5 Å². The second-order valence-corrected chi connectivity index (χ2v) is 7.59. The number of halogens is 1. The first-order valence-corrected chi connectivity index (χ1v) is 10.1. The number of anilines is 1. The molecule has 0 amide bonds. The molecule has 1 saturated heterocycles. The highest BCUT2D eigenvalue weighted by Gasteiger charge is 2.26. The normalized spacial score (nSPS) is 18.2. The summed E-state index contributed by atoms with van der Waals surface area (Å²) in [5.74, 6) is 0.931. The molecule has 0 aliphatic carbocycles. The lowest BCUT2D eigenvalue weighted by Crippen LogP contribution is -2.48. The van der Waals surface area contributed by atoms with Crippen LogP contribution in [0.25, 0.3) is 0 Å². The minimum atomic E-state index is -0.272. The zero-order valence-corrected chi connectivity index (χ0v) is 17.5. The maximum absolute atomic E-state index is 14.0. The number of hydrogen-bond donors (Lipinski definition) is 2. The van der Waals surface area contributed by atoms with E-state index in [9.17, 15) is 4.39 Å². The molecule has 0 bridgehead atoms. The molecule has 6 nitrogen and oxygen atoms in total. The summed E-state index contributed by atoms with van der Waals surface area (Å²) in [6, 6.07) is 14.1. The van der Waals surface area contributed by atoms with E-state index in [2.05, 4.69) is 63.7 Å². The van der Waals surface area contributed by atoms with Crippen LogP contribution in [0, 0.1) is 5.82 Å². The van der Waals surface area contributed by atoms with Crippen LogP contribution in [-0.4, -0.2) is 61.7 Å². The van der Waals surface area contributed by atoms with Crippen molar-refractivity contribution in [1.29, 1.82) is 0 Å². The topological polar surface area (TPSA) is 55.8 Å². The second kappa shape index (κ2) is 10.2. The van der Waals surface area contributed by atoms with Crippen molar-refractivity contribution >= 4 is 11.8 Å². The lowest BCUT2D eigenvalue weighted by molar-refractivity contribution is 0.249. The summed E-state index contributed by atoms with van der Waals surface area (Å²) in [5, 5.41) is 6.88. The number of nitrogens with zero attached hydrogens (tertiary/aromatic N) is 4. The maximum atomic E-state index is 14.0. The molecule has 2 aromatic rings. The van der Waals surface area contributed by atoms with Gasteiger partial charge in [0.2, 0.25) is 0 Å². The van der Waals surface area contributed by atoms with Crippen LogP contribution >= 0.6 is 0 Å². The molecule has 0 saturated carbocycles. The second-order valence-electron chi connectivity index (χ2n) is 7.59. The van der Waals surface area contributed by atoms with E-state index in [0.29, 0.717) is 18.4 Å². The van der Waals surface area contributed by atoms with Crippen LogP contribution in [-0.2, 0) is 6.54 Å². The Morgan fingerprint density at radius 2 is 2.10 bits per heavy atom. The molecule has 7 heteroatoms. The van der Waals surface area contributed by atoms with Crippen LogP contribution in [0.15, 0.2) is 53.7 Å². The van der Waals surface area contributed by atoms with E-state index >= 15 is 0 Å². The SMILES string of the molecule is CN=C(NCC(C)N(C)Cc1ccccc1)NC1CCN(c2ncccc2F)C1. The smallest absolute Gasteiger partial charge is 0.191 e. The van der Waals surface area contributed by atoms with Crippen molar-refractivity contribution in [2.45, 2.75) is 32.0 Å². The summed E-state index contributed by atoms with van der Waals surface area (Å²) in [7, 11) is 3.91. The summed E-state index contributed by atoms with van der Waals surface area (Å²) in [5.41, 5.74) is 1.30. The van der Waals surface area contributed by atoms with Gasteiger partial charge in [-0.15, -0.1) is 0 Å². The van der Waals surface area contributed by atoms with E-state index in [1.165, 1.54) is 11.6 Å². The Balaban J connectivity index is 1.45. The van der Waals surface area contributed by atoms with Gasteiger partial charge in [-0.05, 0) is 38.1 Å². The molecule has 0 radical (unpaired) electrons. The third kappa shape index (κ3) is 5.90. The Kier molecular flexibility index (Phi) is 7.41. The van der Waals surface area contributed by atoms with Crippen LogP contribution in [0.2, 0.25) is 0 Å². The fourth-order valence-electron chi connectivity index (χ4n) is 3.50. The molecular formula is C22H31FN6. The van der Waals surface area contributed by atoms with Crippen molar-refractivity contribution in [2.75, 3.05) is 38.6 Å². The molecule has 1 aliphatic rings. The minimum Gasteiger partial charge on any atom is -0.355 e. The van der Waals surface area contributed by atoms with Crippen molar-refractivity contribution in [3.63, 3.8) is 0 Å². The third-order valence-corrected chi connectivity index (χ3v) is 5.38. The highest BCUT2D eigenvalue weighted by molar-refractivity contribution is 5.80. The van der Waals surface area contributed by atoms with Gasteiger partial charge in [0.25, 0.3) is 0 Å². The number of pyridine rings is 1. The van der Waals surface area contributed by atoms with Crippen molar-refractivity contribution < 1.29 is 4.39 Å². The number of hydrogen-bond acceptors (Lipinski definition) is 4. The quantitative estimate of drug-likeness (QED) is 0.554. The van der Waals surface area contributed by atoms with E-state index < -0.39 is 0 Å². The van der Waals surface area contributed by atoms with Crippen LogP contribution in [0.4, 0.5) is 10.2 Å². The molecule has 3 rings (SSSR count). The summed E-state index contributed by atoms with van der Waals surface area (Å²) < 4.78 is 14.0. The van der Waals surface area contributed by atoms with Crippen LogP contribution in [0.3, 0.4) is 0 Å². The summed E-state index contributed by atoms with van der Waals surface area (Å²) in [6.45, 7) is 5.37. The van der Waals surface area contributed by atoms with Gasteiger partial charge in [-0.1, -0.05) is 30.3 Å². The zero-order valence-electron chi connectivity index (χ0n) is 17.5. The first kappa shape index (κ1) is 21.0. The number of rotatable bonds is 7. The van der Waals surface area contributed by atoms with Crippen LogP contribution in [0.1, 0.15) is 18.9 Å². The van der Waals surface area contributed by atoms with E-state index in [1.807, 2.05) is 11.0 Å². The Bertz CT molecular complexity index is 797. The monoisotopic (exact) mass is 398 g/mol. The van der Waals surface area contributed by atoms with Gasteiger partial charge in [-0.25, -0.2) is 9.37 Å². The number of aliphatic imine (C=N–C) groups is 1. The molecule has 29 heavy (non-hydrogen) atoms. The number of aromatic nitrogens is 1. The predicted molar refractivity (Wildman–Crippen MR) is 117 cm³/mol. The van der Waals surface area contributed by atoms with Gasteiger partial charge >= 0.3 is 0 Å². The van der Waals surface area contributed by atoms with Gasteiger partial charge in [0.1, 0.15) is 0 Å². The van der Waals surface area contributed by atoms with E-state index in [-0.39, 0.29) is 11.9 Å². The van der Waals surface area contributed by atoms with Gasteiger partial charge in [0, 0.05) is 51.5 Å². The van der Waals surface area contributed by atoms with Crippen molar-refractivity contribution in [3.8, 4) is 0 Å². The van der Waals surface area contributed by atoms with Gasteiger partial charge in [0.05, 0.1) is 0 Å². The molecule has 1 aromatic carbocycles. The Morgan fingerprint density at radius 1 is 1.31 bits per heavy atom. The Hall–Kier alpha value is -2.67. The highest BCUT2D eigenvalue weighted by atomic mass is 19.1. The molecule has 156 valence electrons. The van der Waals surface area contributed by atoms with Gasteiger partial charge in [0.15, 0.2) is 17.6 Å². The Morgan fingerprint density at radius 3 is 2.83 bits per heavy atom. The van der Waals surface area contributed by atoms with Crippen LogP contribution < -0.4 is 15.5 Å². The maximum Gasteiger partial charge on any atom is 0.191 e. The summed E-state index contributed by atoms with van der Waals surface area (Å²) in [6.07, 6.45) is 2.55. The van der Waals surface area contributed by atoms with Crippen LogP contribution in [0.5, 0.6) is 0 Å². The fourth-order valence-corrected chi connectivity index (χ4v) is 3.50. The zero-order chi connectivity index (χ0) is 20.6. The number of likely N-dealkylation sites (N-methyl/N-ethyl adjacent to an activating group) is 1. The first-order valence-electron chi connectivity index (χ1n) is 10.1. The molecule has 2 N–H and O–H groups in total. The predicted octanol–water partition coefficient (Wildman–Crippen LogP) is 2.48. The standard InChI is InChI=1S/C22H31FN6/c1-17(28(3)15-18-8-5-4-6-9-18)14-26-22(24-2)27-19-11-13-29(16-19)21-20(23)10-7-12-25-21/h4-10,12,17,19H,11,13-16H2,1-3H3,(H2,24,26,27). The molecular weight excluding hydrogens is 367 g/mol. The minimum absolute atomic E-state index is 0.208. The molecule has 2 atom stereocenters. The van der Waals surface area contributed by atoms with Gasteiger partial charge in [-0.2, -0.15) is 0 Å². The highest BCUT2D eigenvalue weighted by Crippen LogP contribution is 2.20. The molecule has 1 aliphatic heterocycles. The van der Waals surface area contributed by atoms with E-state index in [4.69, 9.17) is 0 Å². The summed E-state index contributed by atoms with van der Waals surface area (Å²) >= 11 is 0. The van der Waals surface area contributed by atoms with Gasteiger partial charge in [-0.3, -0.25) is 9.89 Å². The average Bonchev–Trinajstić information content (AvgIpc) is 3.20. The largest absolute Gasteiger partial charge is 0.355 e. The summed E-state index contributed by atoms with van der Waals surface area (Å²) in [4.78, 5) is 12.8. The van der Waals surface area contributed by atoms with Crippen molar-refractivity contribution in [3.05, 3.63) is 60.0 Å². The van der Waals surface area contributed by atoms with E-state index in [0.717, 1.165) is 32.0 Å².